The summed E-state index contributed by atoms with van der Waals surface area (Å²) in [4.78, 5) is 17.9. The minimum Gasteiger partial charge on any atom is -0.497 e. The maximum Gasteiger partial charge on any atom is 0.230 e. The molecule has 0 unspecified atom stereocenters. The van der Waals surface area contributed by atoms with Gasteiger partial charge in [0.25, 0.3) is 0 Å². The van der Waals surface area contributed by atoms with Crippen molar-refractivity contribution in [2.24, 2.45) is 0 Å². The fraction of sp³-hybridized carbons (Fsp3) is 0.200. The van der Waals surface area contributed by atoms with Crippen LogP contribution in [0.5, 0.6) is 11.5 Å². The van der Waals surface area contributed by atoms with Crippen molar-refractivity contribution >= 4 is 22.4 Å². The van der Waals surface area contributed by atoms with Gasteiger partial charge in [-0.25, -0.2) is 4.98 Å². The molecule has 1 N–H and O–H groups in total. The highest BCUT2D eigenvalue weighted by molar-refractivity contribution is 7.16. The zero-order chi connectivity index (χ0) is 18.5. The summed E-state index contributed by atoms with van der Waals surface area (Å²) >= 11 is 1.47. The van der Waals surface area contributed by atoms with Crippen LogP contribution >= 0.6 is 11.3 Å². The second-order valence-corrected chi connectivity index (χ2v) is 6.93. The second-order valence-electron chi connectivity index (χ2n) is 5.73. The molecule has 0 aliphatic carbocycles. The highest BCUT2D eigenvalue weighted by Gasteiger charge is 2.12. The van der Waals surface area contributed by atoms with E-state index in [1.807, 2.05) is 55.5 Å². The largest absolute Gasteiger partial charge is 0.497 e. The summed E-state index contributed by atoms with van der Waals surface area (Å²) < 4.78 is 10.3. The van der Waals surface area contributed by atoms with Gasteiger partial charge in [-0.15, -0.1) is 11.3 Å². The highest BCUT2D eigenvalue weighted by atomic mass is 32.1. The van der Waals surface area contributed by atoms with Crippen LogP contribution in [0.2, 0.25) is 0 Å². The van der Waals surface area contributed by atoms with Gasteiger partial charge in [-0.1, -0.05) is 12.1 Å². The third-order valence-electron chi connectivity index (χ3n) is 3.93. The summed E-state index contributed by atoms with van der Waals surface area (Å²) in [7, 11) is 3.26. The predicted molar refractivity (Wildman–Crippen MR) is 104 cm³/mol. The van der Waals surface area contributed by atoms with Crippen LogP contribution < -0.4 is 14.8 Å². The summed E-state index contributed by atoms with van der Waals surface area (Å²) in [5.41, 5.74) is 2.79. The van der Waals surface area contributed by atoms with Gasteiger partial charge in [0.1, 0.15) is 11.5 Å². The summed E-state index contributed by atoms with van der Waals surface area (Å²) in [5.74, 6) is 1.48. The molecule has 1 heterocycles. The maximum atomic E-state index is 12.3. The lowest BCUT2D eigenvalue weighted by Gasteiger charge is -2.04. The van der Waals surface area contributed by atoms with E-state index in [1.54, 1.807) is 14.2 Å². The zero-order valence-electron chi connectivity index (χ0n) is 14.9. The Morgan fingerprint density at radius 1 is 1.00 bits per heavy atom. The third-order valence-corrected chi connectivity index (χ3v) is 4.82. The summed E-state index contributed by atoms with van der Waals surface area (Å²) in [5, 5.41) is 3.49. The standard InChI is InChI=1S/C20H20N2O3S/c1-13-19(15-6-10-17(25-3)11-7-15)22-20(26-13)21-18(23)12-14-4-8-16(24-2)9-5-14/h4-11H,12H2,1-3H3,(H,21,22,23). The topological polar surface area (TPSA) is 60.5 Å². The first-order valence-electron chi connectivity index (χ1n) is 8.13. The van der Waals surface area contributed by atoms with Crippen molar-refractivity contribution in [3.63, 3.8) is 0 Å². The van der Waals surface area contributed by atoms with Crippen molar-refractivity contribution in [2.75, 3.05) is 19.5 Å². The Kier molecular flexibility index (Phi) is 5.53. The van der Waals surface area contributed by atoms with E-state index in [9.17, 15) is 4.79 Å². The van der Waals surface area contributed by atoms with Gasteiger partial charge in [-0.05, 0) is 48.9 Å². The Balaban J connectivity index is 1.68. The van der Waals surface area contributed by atoms with Gasteiger partial charge < -0.3 is 14.8 Å². The SMILES string of the molecule is COc1ccc(CC(=O)Nc2nc(-c3ccc(OC)cc3)c(C)s2)cc1. The number of amides is 1. The van der Waals surface area contributed by atoms with Crippen LogP contribution in [0.4, 0.5) is 5.13 Å². The first-order chi connectivity index (χ1) is 12.6. The Labute approximate surface area is 156 Å². The van der Waals surface area contributed by atoms with Gasteiger partial charge >= 0.3 is 0 Å². The molecule has 0 radical (unpaired) electrons. The molecule has 134 valence electrons. The van der Waals surface area contributed by atoms with Crippen LogP contribution in [-0.4, -0.2) is 25.1 Å². The molecule has 0 fully saturated rings. The lowest BCUT2D eigenvalue weighted by Crippen LogP contribution is -2.14. The number of rotatable bonds is 6. The number of aryl methyl sites for hydroxylation is 1. The predicted octanol–water partition coefficient (Wildman–Crippen LogP) is 4.32. The number of thiazole rings is 1. The number of aromatic nitrogens is 1. The minimum absolute atomic E-state index is 0.0924. The number of carbonyl (C=O) groups excluding carboxylic acids is 1. The average Bonchev–Trinajstić information content (AvgIpc) is 3.02. The molecule has 0 bridgehead atoms. The molecular formula is C20H20N2O3S. The number of carbonyl (C=O) groups is 1. The number of anilines is 1. The molecule has 3 aromatic rings. The van der Waals surface area contributed by atoms with E-state index in [0.717, 1.165) is 33.2 Å². The molecule has 0 spiro atoms. The number of ether oxygens (including phenoxy) is 2. The number of hydrogen-bond acceptors (Lipinski definition) is 5. The minimum atomic E-state index is -0.0924. The average molecular weight is 368 g/mol. The van der Waals surface area contributed by atoms with Crippen molar-refractivity contribution in [1.82, 2.24) is 4.98 Å². The number of benzene rings is 2. The van der Waals surface area contributed by atoms with E-state index in [-0.39, 0.29) is 5.91 Å². The third kappa shape index (κ3) is 4.21. The molecule has 3 rings (SSSR count). The summed E-state index contributed by atoms with van der Waals surface area (Å²) in [6, 6.07) is 15.2. The molecule has 0 atom stereocenters. The Morgan fingerprint density at radius 2 is 1.58 bits per heavy atom. The van der Waals surface area contributed by atoms with E-state index in [4.69, 9.17) is 9.47 Å². The molecule has 0 aliphatic rings. The number of nitrogens with zero attached hydrogens (tertiary/aromatic N) is 1. The van der Waals surface area contributed by atoms with Crippen molar-refractivity contribution in [3.05, 3.63) is 59.0 Å². The Morgan fingerprint density at radius 3 is 2.15 bits per heavy atom. The number of methoxy groups -OCH3 is 2. The lowest BCUT2D eigenvalue weighted by atomic mass is 10.1. The van der Waals surface area contributed by atoms with Crippen LogP contribution in [0.25, 0.3) is 11.3 Å². The van der Waals surface area contributed by atoms with Gasteiger partial charge in [0.05, 0.1) is 26.3 Å². The number of hydrogen-bond donors (Lipinski definition) is 1. The normalized spacial score (nSPS) is 10.4. The van der Waals surface area contributed by atoms with Crippen LogP contribution in [0.15, 0.2) is 48.5 Å². The molecule has 0 saturated heterocycles. The van der Waals surface area contributed by atoms with Crippen LogP contribution in [0.3, 0.4) is 0 Å². The molecule has 0 saturated carbocycles. The van der Waals surface area contributed by atoms with Gasteiger partial charge in [0, 0.05) is 10.4 Å². The van der Waals surface area contributed by atoms with E-state index in [0.29, 0.717) is 11.6 Å². The van der Waals surface area contributed by atoms with Crippen molar-refractivity contribution in [3.8, 4) is 22.8 Å². The monoisotopic (exact) mass is 368 g/mol. The van der Waals surface area contributed by atoms with E-state index in [1.165, 1.54) is 11.3 Å². The fourth-order valence-corrected chi connectivity index (χ4v) is 3.41. The molecular weight excluding hydrogens is 348 g/mol. The smallest absolute Gasteiger partial charge is 0.230 e. The lowest BCUT2D eigenvalue weighted by molar-refractivity contribution is -0.115. The van der Waals surface area contributed by atoms with Crippen LogP contribution in [0, 0.1) is 6.92 Å². The summed E-state index contributed by atoms with van der Waals surface area (Å²) in [6.07, 6.45) is 0.292. The quantitative estimate of drug-likeness (QED) is 0.704. The fourth-order valence-electron chi connectivity index (χ4n) is 2.56. The summed E-state index contributed by atoms with van der Waals surface area (Å²) in [6.45, 7) is 2.00. The zero-order valence-corrected chi connectivity index (χ0v) is 15.7. The van der Waals surface area contributed by atoms with E-state index in [2.05, 4.69) is 10.3 Å². The van der Waals surface area contributed by atoms with Crippen molar-refractivity contribution in [1.29, 1.82) is 0 Å². The first-order valence-corrected chi connectivity index (χ1v) is 8.95. The van der Waals surface area contributed by atoms with Gasteiger partial charge in [0.15, 0.2) is 5.13 Å². The van der Waals surface area contributed by atoms with Gasteiger partial charge in [-0.2, -0.15) is 0 Å². The van der Waals surface area contributed by atoms with Gasteiger partial charge in [-0.3, -0.25) is 4.79 Å². The molecule has 5 nitrogen and oxygen atoms in total. The molecule has 26 heavy (non-hydrogen) atoms. The molecule has 2 aromatic carbocycles. The maximum absolute atomic E-state index is 12.3. The van der Waals surface area contributed by atoms with Gasteiger partial charge in [0.2, 0.25) is 5.91 Å². The molecule has 1 aromatic heterocycles. The van der Waals surface area contributed by atoms with E-state index < -0.39 is 0 Å². The second kappa shape index (κ2) is 8.01. The first kappa shape index (κ1) is 17.9. The number of nitrogens with one attached hydrogen (secondary N) is 1. The van der Waals surface area contributed by atoms with Crippen LogP contribution in [0.1, 0.15) is 10.4 Å². The molecule has 6 heteroatoms. The van der Waals surface area contributed by atoms with Crippen molar-refractivity contribution < 1.29 is 14.3 Å². The Bertz CT molecular complexity index is 886. The van der Waals surface area contributed by atoms with Crippen molar-refractivity contribution in [2.45, 2.75) is 13.3 Å². The van der Waals surface area contributed by atoms with E-state index >= 15 is 0 Å². The highest BCUT2D eigenvalue weighted by Crippen LogP contribution is 2.31. The molecule has 0 aliphatic heterocycles. The Hall–Kier alpha value is -2.86. The molecule has 1 amide bonds. The van der Waals surface area contributed by atoms with Crippen LogP contribution in [-0.2, 0) is 11.2 Å².